The van der Waals surface area contributed by atoms with Gasteiger partial charge >= 0.3 is 0 Å². The molecule has 0 aliphatic heterocycles. The fourth-order valence-corrected chi connectivity index (χ4v) is 3.26. The van der Waals surface area contributed by atoms with Crippen LogP contribution >= 0.6 is 15.9 Å². The van der Waals surface area contributed by atoms with E-state index in [9.17, 15) is 4.79 Å². The lowest BCUT2D eigenvalue weighted by atomic mass is 9.96. The first-order chi connectivity index (χ1) is 8.22. The number of halogens is 1. The van der Waals surface area contributed by atoms with Crippen LogP contribution in [0.25, 0.3) is 0 Å². The third-order valence-electron chi connectivity index (χ3n) is 3.70. The molecule has 0 aromatic rings. The molecule has 17 heavy (non-hydrogen) atoms. The summed E-state index contributed by atoms with van der Waals surface area (Å²) in [6.45, 7) is 3.02. The smallest absolute Gasteiger partial charge is 0.220 e. The molecule has 0 saturated heterocycles. The Hall–Kier alpha value is -0.0500. The van der Waals surface area contributed by atoms with Gasteiger partial charge in [-0.25, -0.2) is 0 Å². The zero-order valence-corrected chi connectivity index (χ0v) is 12.6. The molecule has 1 fully saturated rings. The van der Waals surface area contributed by atoms with Crippen LogP contribution in [0.5, 0.6) is 0 Å². The molecule has 0 heterocycles. The van der Waals surface area contributed by atoms with Gasteiger partial charge in [0.2, 0.25) is 5.91 Å². The molecular weight excluding hydrogens is 278 g/mol. The van der Waals surface area contributed by atoms with E-state index < -0.39 is 0 Å². The zero-order valence-electron chi connectivity index (χ0n) is 11.0. The van der Waals surface area contributed by atoms with Crippen LogP contribution in [0.4, 0.5) is 0 Å². The molecule has 1 aliphatic carbocycles. The van der Waals surface area contributed by atoms with Crippen molar-refractivity contribution in [1.29, 1.82) is 0 Å². The molecule has 1 unspecified atom stereocenters. The van der Waals surface area contributed by atoms with Gasteiger partial charge < -0.3 is 5.32 Å². The highest BCUT2D eigenvalue weighted by Crippen LogP contribution is 2.25. The number of carbonyl (C=O) groups excluding carboxylic acids is 1. The highest BCUT2D eigenvalue weighted by Gasteiger charge is 2.16. The van der Waals surface area contributed by atoms with E-state index in [1.807, 2.05) is 0 Å². The minimum atomic E-state index is 0.262. The molecule has 0 aromatic carbocycles. The van der Waals surface area contributed by atoms with Crippen LogP contribution in [0.15, 0.2) is 0 Å². The Labute approximate surface area is 114 Å². The molecule has 1 saturated carbocycles. The second kappa shape index (κ2) is 8.96. The maximum absolute atomic E-state index is 11.8. The first-order valence-corrected chi connectivity index (χ1v) is 8.17. The van der Waals surface area contributed by atoms with E-state index in [-0.39, 0.29) is 5.91 Å². The Morgan fingerprint density at radius 1 is 1.29 bits per heavy atom. The quantitative estimate of drug-likeness (QED) is 0.585. The summed E-state index contributed by atoms with van der Waals surface area (Å²) in [5, 5.41) is 4.10. The van der Waals surface area contributed by atoms with Crippen molar-refractivity contribution in [3.8, 4) is 0 Å². The lowest BCUT2D eigenvalue weighted by molar-refractivity contribution is -0.122. The van der Waals surface area contributed by atoms with Crippen molar-refractivity contribution in [2.75, 3.05) is 11.9 Å². The monoisotopic (exact) mass is 303 g/mol. The Morgan fingerprint density at radius 2 is 1.94 bits per heavy atom. The molecule has 0 aromatic heterocycles. The molecule has 1 N–H and O–H groups in total. The third-order valence-corrected chi connectivity index (χ3v) is 4.16. The molecule has 0 bridgehead atoms. The van der Waals surface area contributed by atoms with E-state index in [1.54, 1.807) is 0 Å². The summed E-state index contributed by atoms with van der Waals surface area (Å²) < 4.78 is 0. The van der Waals surface area contributed by atoms with E-state index in [2.05, 4.69) is 28.2 Å². The summed E-state index contributed by atoms with van der Waals surface area (Å²) in [7, 11) is 0. The molecule has 1 amide bonds. The molecule has 100 valence electrons. The van der Waals surface area contributed by atoms with Gasteiger partial charge in [-0.1, -0.05) is 48.5 Å². The Balaban J connectivity index is 2.14. The van der Waals surface area contributed by atoms with Crippen LogP contribution in [-0.4, -0.2) is 17.8 Å². The standard InChI is InChI=1S/C14H26BrNO/c1-12(8-9-15)11-16-14(17)10-13-6-4-2-3-5-7-13/h12-13H,2-11H2,1H3,(H,16,17). The summed E-state index contributed by atoms with van der Waals surface area (Å²) in [6.07, 6.45) is 9.75. The Bertz CT molecular complexity index is 212. The number of hydrogen-bond acceptors (Lipinski definition) is 1. The normalized spacial score (nSPS) is 19.6. The number of hydrogen-bond donors (Lipinski definition) is 1. The lowest BCUT2D eigenvalue weighted by Crippen LogP contribution is -2.29. The second-order valence-corrected chi connectivity index (χ2v) is 6.24. The number of nitrogens with one attached hydrogen (secondary N) is 1. The first-order valence-electron chi connectivity index (χ1n) is 7.05. The van der Waals surface area contributed by atoms with Crippen molar-refractivity contribution in [3.05, 3.63) is 0 Å². The van der Waals surface area contributed by atoms with Crippen molar-refractivity contribution in [2.24, 2.45) is 11.8 Å². The van der Waals surface area contributed by atoms with Gasteiger partial charge in [0.15, 0.2) is 0 Å². The maximum Gasteiger partial charge on any atom is 0.220 e. The van der Waals surface area contributed by atoms with E-state index in [0.29, 0.717) is 11.8 Å². The number of alkyl halides is 1. The van der Waals surface area contributed by atoms with Gasteiger partial charge in [0.1, 0.15) is 0 Å². The molecule has 0 radical (unpaired) electrons. The summed E-state index contributed by atoms with van der Waals surface area (Å²) in [5.74, 6) is 1.48. The average Bonchev–Trinajstić information content (AvgIpc) is 2.55. The average molecular weight is 304 g/mol. The summed E-state index contributed by atoms with van der Waals surface area (Å²) >= 11 is 3.43. The largest absolute Gasteiger partial charge is 0.356 e. The zero-order chi connectivity index (χ0) is 12.5. The third kappa shape index (κ3) is 7.07. The van der Waals surface area contributed by atoms with Crippen molar-refractivity contribution < 1.29 is 4.79 Å². The summed E-state index contributed by atoms with van der Waals surface area (Å²) in [5.41, 5.74) is 0. The molecule has 1 rings (SSSR count). The first kappa shape index (κ1) is 15.0. The minimum absolute atomic E-state index is 0.262. The molecular formula is C14H26BrNO. The van der Waals surface area contributed by atoms with E-state index >= 15 is 0 Å². The lowest BCUT2D eigenvalue weighted by Gasteiger charge is -2.15. The van der Waals surface area contributed by atoms with Gasteiger partial charge in [0, 0.05) is 18.3 Å². The molecule has 1 aliphatic rings. The Morgan fingerprint density at radius 3 is 2.53 bits per heavy atom. The van der Waals surface area contributed by atoms with Crippen molar-refractivity contribution >= 4 is 21.8 Å². The number of amides is 1. The number of rotatable bonds is 6. The summed E-state index contributed by atoms with van der Waals surface area (Å²) in [6, 6.07) is 0. The second-order valence-electron chi connectivity index (χ2n) is 5.45. The highest BCUT2D eigenvalue weighted by molar-refractivity contribution is 9.09. The van der Waals surface area contributed by atoms with Crippen molar-refractivity contribution in [1.82, 2.24) is 5.32 Å². The van der Waals surface area contributed by atoms with Gasteiger partial charge in [0.25, 0.3) is 0 Å². The topological polar surface area (TPSA) is 29.1 Å². The van der Waals surface area contributed by atoms with Crippen LogP contribution in [0.1, 0.15) is 58.3 Å². The van der Waals surface area contributed by atoms with E-state index in [0.717, 1.165) is 24.7 Å². The van der Waals surface area contributed by atoms with Crippen LogP contribution in [0.3, 0.4) is 0 Å². The van der Waals surface area contributed by atoms with Crippen LogP contribution in [0.2, 0.25) is 0 Å². The molecule has 2 nitrogen and oxygen atoms in total. The van der Waals surface area contributed by atoms with Crippen LogP contribution in [0, 0.1) is 11.8 Å². The maximum atomic E-state index is 11.8. The van der Waals surface area contributed by atoms with Gasteiger partial charge in [-0.2, -0.15) is 0 Å². The van der Waals surface area contributed by atoms with E-state index in [1.165, 1.54) is 38.5 Å². The Kier molecular flexibility index (Phi) is 7.91. The fraction of sp³-hybridized carbons (Fsp3) is 0.929. The number of carbonyl (C=O) groups is 1. The minimum Gasteiger partial charge on any atom is -0.356 e. The predicted molar refractivity (Wildman–Crippen MR) is 76.4 cm³/mol. The molecule has 3 heteroatoms. The van der Waals surface area contributed by atoms with Gasteiger partial charge in [0.05, 0.1) is 0 Å². The fourth-order valence-electron chi connectivity index (χ4n) is 2.48. The summed E-state index contributed by atoms with van der Waals surface area (Å²) in [4.78, 5) is 11.8. The van der Waals surface area contributed by atoms with Gasteiger partial charge in [-0.3, -0.25) is 4.79 Å². The molecule has 1 atom stereocenters. The van der Waals surface area contributed by atoms with Crippen LogP contribution in [-0.2, 0) is 4.79 Å². The highest BCUT2D eigenvalue weighted by atomic mass is 79.9. The van der Waals surface area contributed by atoms with Gasteiger partial charge in [-0.05, 0) is 31.1 Å². The predicted octanol–water partition coefficient (Wildman–Crippen LogP) is 3.88. The van der Waals surface area contributed by atoms with E-state index in [4.69, 9.17) is 0 Å². The van der Waals surface area contributed by atoms with Gasteiger partial charge in [-0.15, -0.1) is 0 Å². The van der Waals surface area contributed by atoms with Crippen LogP contribution < -0.4 is 5.32 Å². The SMILES string of the molecule is CC(CCBr)CNC(=O)CC1CCCCCC1. The molecule has 0 spiro atoms. The van der Waals surface area contributed by atoms with Crippen molar-refractivity contribution in [2.45, 2.75) is 58.3 Å². The van der Waals surface area contributed by atoms with Crippen molar-refractivity contribution in [3.63, 3.8) is 0 Å².